The van der Waals surface area contributed by atoms with Gasteiger partial charge in [0.25, 0.3) is 5.91 Å². The number of anilines is 2. The fraction of sp³-hybridized carbons (Fsp3) is 0.508. The number of amides is 4. The van der Waals surface area contributed by atoms with Gasteiger partial charge in [0.1, 0.15) is 42.2 Å². The first kappa shape index (κ1) is 67.1. The Bertz CT molecular complexity index is 3380. The van der Waals surface area contributed by atoms with Gasteiger partial charge < -0.3 is 44.1 Å². The molecule has 2 N–H and O–H groups in total. The van der Waals surface area contributed by atoms with Crippen LogP contribution in [0.4, 0.5) is 24.5 Å². The van der Waals surface area contributed by atoms with Crippen molar-refractivity contribution in [2.45, 2.75) is 161 Å². The van der Waals surface area contributed by atoms with Crippen molar-refractivity contribution < 1.29 is 65.6 Å². The van der Waals surface area contributed by atoms with E-state index >= 15 is 0 Å². The van der Waals surface area contributed by atoms with Crippen LogP contribution in [0.15, 0.2) is 78.4 Å². The number of nitrogens with one attached hydrogen (secondary N) is 2. The number of hydrogen-bond donors (Lipinski definition) is 2. The van der Waals surface area contributed by atoms with Gasteiger partial charge in [0.05, 0.1) is 76.9 Å². The van der Waals surface area contributed by atoms with Crippen LogP contribution in [0, 0.1) is 23.7 Å². The van der Waals surface area contributed by atoms with Gasteiger partial charge in [-0.3, -0.25) is 38.3 Å². The Kier molecular flexibility index (Phi) is 22.3. The minimum atomic E-state index is -4.85. The van der Waals surface area contributed by atoms with E-state index < -0.39 is 94.2 Å². The molecule has 26 heteroatoms. The van der Waals surface area contributed by atoms with E-state index in [0.29, 0.717) is 55.8 Å². The molecule has 21 nitrogen and oxygen atoms in total. The van der Waals surface area contributed by atoms with Gasteiger partial charge >= 0.3 is 18.1 Å². The average molecular weight is 1270 g/mol. The van der Waals surface area contributed by atoms with Crippen molar-refractivity contribution in [1.29, 1.82) is 5.26 Å². The smallest absolute Gasteiger partial charge is 0.417 e. The molecule has 3 aliphatic rings. The minimum Gasteiger partial charge on any atom is -0.493 e. The molecule has 8 rings (SSSR count). The maximum atomic E-state index is 14.7. The number of thiazole rings is 1. The van der Waals surface area contributed by atoms with Crippen molar-refractivity contribution in [3.05, 3.63) is 107 Å². The second-order valence-corrected chi connectivity index (χ2v) is 25.1. The molecule has 3 aromatic carbocycles. The summed E-state index contributed by atoms with van der Waals surface area (Å²) in [6.07, 6.45) is -1.22. The average Bonchev–Trinajstić information content (AvgIpc) is 1.62. The zero-order valence-electron chi connectivity index (χ0n) is 50.9. The van der Waals surface area contributed by atoms with E-state index in [9.17, 15) is 47.2 Å². The molecule has 2 aromatic heterocycles. The number of thiocarbonyl (C=S) groups is 1. The van der Waals surface area contributed by atoms with Gasteiger partial charge in [-0.05, 0) is 118 Å². The minimum absolute atomic E-state index is 0.0197. The van der Waals surface area contributed by atoms with Crippen LogP contribution in [0.3, 0.4) is 0 Å². The Morgan fingerprint density at radius 3 is 2.34 bits per heavy atom. The van der Waals surface area contributed by atoms with Crippen LogP contribution in [0.1, 0.15) is 133 Å². The number of nitrogens with zero attached hydrogens (tertiary/aromatic N) is 8. The topological polar surface area (TPSA) is 250 Å². The van der Waals surface area contributed by atoms with Crippen LogP contribution >= 0.6 is 23.6 Å². The number of aromatic nitrogens is 4. The van der Waals surface area contributed by atoms with E-state index in [0.717, 1.165) is 38.7 Å². The largest absolute Gasteiger partial charge is 0.493 e. The van der Waals surface area contributed by atoms with Gasteiger partial charge in [-0.25, -0.2) is 4.98 Å². The summed E-state index contributed by atoms with van der Waals surface area (Å²) in [5.74, 6) is -2.54. The molecule has 3 aliphatic heterocycles. The third-order valence-corrected chi connectivity index (χ3v) is 17.0. The fourth-order valence-electron chi connectivity index (χ4n) is 10.8. The maximum Gasteiger partial charge on any atom is 0.417 e. The predicted molar refractivity (Wildman–Crippen MR) is 327 cm³/mol. The summed E-state index contributed by atoms with van der Waals surface area (Å²) >= 11 is 7.24. The highest BCUT2D eigenvalue weighted by Crippen LogP contribution is 2.40. The monoisotopic (exact) mass is 1270 g/mol. The molecule has 4 amide bonds. The van der Waals surface area contributed by atoms with E-state index in [-0.39, 0.29) is 82.5 Å². The molecule has 5 atom stereocenters. The van der Waals surface area contributed by atoms with E-state index in [1.807, 2.05) is 58.9 Å². The molecule has 89 heavy (non-hydrogen) atoms. The highest BCUT2D eigenvalue weighted by atomic mass is 32.1. The Balaban J connectivity index is 0.879. The molecule has 4 bridgehead atoms. The van der Waals surface area contributed by atoms with Crippen LogP contribution in [0.2, 0.25) is 0 Å². The second-order valence-electron chi connectivity index (χ2n) is 23.8. The fourth-order valence-corrected chi connectivity index (χ4v) is 12.1. The molecule has 0 saturated carbocycles. The summed E-state index contributed by atoms with van der Waals surface area (Å²) in [6.45, 7) is 13.2. The molecule has 0 radical (unpaired) electrons. The summed E-state index contributed by atoms with van der Waals surface area (Å²) in [7, 11) is 0. The van der Waals surface area contributed by atoms with Crippen molar-refractivity contribution in [2.75, 3.05) is 49.4 Å². The lowest BCUT2D eigenvalue weighted by atomic mass is 9.85. The van der Waals surface area contributed by atoms with Crippen molar-refractivity contribution in [1.82, 2.24) is 35.5 Å². The van der Waals surface area contributed by atoms with E-state index in [1.165, 1.54) is 15.9 Å². The molecule has 5 heterocycles. The summed E-state index contributed by atoms with van der Waals surface area (Å²) in [4.78, 5) is 92.3. The SMILES string of the molecule is Cc1ncsc1-c1ccc([C@H](C)NC(=O)[C@@H]2C[C@@H]3CN2C(=O)[C@H](C(C)(C)C)NC(=O)COCCCOCCC(CCOc2ccc(N4C(=S)N(c5ccc(C#N)c(C(F)(F)F)c5)C(=O)C4(C)C)cc2)OC(=O)CCc2cn(nn2)CCCCCC(=O)O3)cc1. The first-order chi connectivity index (χ1) is 42.3. The zero-order valence-corrected chi connectivity index (χ0v) is 52.6. The number of cyclic esters (lactones) is 1. The number of carbonyl (C=O) groups is 6. The third kappa shape index (κ3) is 17.3. The quantitative estimate of drug-likeness (QED) is 0.0977. The molecule has 2 saturated heterocycles. The number of aryl methyl sites for hydroxylation is 3. The van der Waals surface area contributed by atoms with Gasteiger partial charge in [-0.15, -0.1) is 16.4 Å². The third-order valence-electron chi connectivity index (χ3n) is 15.6. The molecule has 1 unspecified atom stereocenters. The number of rotatable bonds is 10. The molecule has 476 valence electrons. The summed E-state index contributed by atoms with van der Waals surface area (Å²) in [5, 5.41) is 23.7. The van der Waals surface area contributed by atoms with Crippen molar-refractivity contribution in [3.8, 4) is 22.3 Å². The number of benzene rings is 3. The van der Waals surface area contributed by atoms with Crippen molar-refractivity contribution in [2.24, 2.45) is 5.41 Å². The molecule has 5 aromatic rings. The Labute approximate surface area is 524 Å². The first-order valence-corrected chi connectivity index (χ1v) is 31.0. The normalized spacial score (nSPS) is 21.3. The number of esters is 2. The number of alkyl halides is 3. The molecule has 0 spiro atoms. The number of nitriles is 1. The molecular formula is C63H75F3N10O11S2. The van der Waals surface area contributed by atoms with Gasteiger partial charge in [-0.2, -0.15) is 18.4 Å². The number of halogens is 3. The maximum absolute atomic E-state index is 14.7. The highest BCUT2D eigenvalue weighted by molar-refractivity contribution is 7.81. The summed E-state index contributed by atoms with van der Waals surface area (Å²) < 4.78 is 73.0. The molecule has 2 fully saturated rings. The van der Waals surface area contributed by atoms with Gasteiger partial charge in [0.15, 0.2) is 5.11 Å². The zero-order chi connectivity index (χ0) is 64.2. The van der Waals surface area contributed by atoms with Crippen LogP contribution < -0.4 is 25.2 Å². The Morgan fingerprint density at radius 2 is 1.64 bits per heavy atom. The second kappa shape index (κ2) is 29.6. The van der Waals surface area contributed by atoms with Gasteiger partial charge in [0.2, 0.25) is 17.7 Å². The standard InChI is InChI=1S/C63H75F3N10O11S2/c1-39(41-13-15-42(16-14-41)55-40(2)68-38-89-55)69-57(80)51-33-49-36-74(51)58(81)56(61(3,4)5)70-52(77)37-84-29-11-28-83-30-25-48(86-54(79)24-18-44-35-73(72-71-44)27-10-8-9-12-53(78)87-49)26-31-85-47-22-20-45(21-23-47)76-60(88)75(59(82)62(76,6)7)46-19-17-43(34-67)50(32-46)63(64,65)66/h13-17,19-23,32,35,38-39,48-49,51,56H,8-12,18,24-31,33,36-37H2,1-7H3,(H,69,80)(H,70,77)/t39-,48?,49+,51-,56+/m0/s1. The number of fused-ring (bicyclic) bond motifs is 4. The van der Waals surface area contributed by atoms with Crippen molar-refractivity contribution >= 4 is 75.6 Å². The van der Waals surface area contributed by atoms with Gasteiger partial charge in [-0.1, -0.05) is 56.7 Å². The number of hydrogen-bond acceptors (Lipinski definition) is 17. The summed E-state index contributed by atoms with van der Waals surface area (Å²) in [5.41, 5.74) is 1.61. The van der Waals surface area contributed by atoms with Crippen LogP contribution in [0.25, 0.3) is 10.4 Å². The highest BCUT2D eigenvalue weighted by Gasteiger charge is 2.51. The van der Waals surface area contributed by atoms with E-state index in [2.05, 4.69) is 25.9 Å². The van der Waals surface area contributed by atoms with Crippen LogP contribution in [-0.2, 0) is 66.9 Å². The lowest BCUT2D eigenvalue weighted by Crippen LogP contribution is -2.58. The predicted octanol–water partition coefficient (Wildman–Crippen LogP) is 9.14. The molecular weight excluding hydrogens is 1190 g/mol. The van der Waals surface area contributed by atoms with E-state index in [4.69, 9.17) is 35.9 Å². The number of ether oxygens (including phenoxy) is 5. The Hall–Kier alpha value is -7.86. The first-order valence-electron chi connectivity index (χ1n) is 29.7. The van der Waals surface area contributed by atoms with Crippen LogP contribution in [0.5, 0.6) is 5.75 Å². The summed E-state index contributed by atoms with van der Waals surface area (Å²) in [6, 6.07) is 16.5. The van der Waals surface area contributed by atoms with E-state index in [1.54, 1.807) is 71.9 Å². The molecule has 0 aliphatic carbocycles. The Morgan fingerprint density at radius 1 is 0.921 bits per heavy atom. The lowest BCUT2D eigenvalue weighted by molar-refractivity contribution is -0.151. The van der Waals surface area contributed by atoms with Crippen LogP contribution in [-0.4, -0.2) is 135 Å². The number of carbonyl (C=O) groups excluding carboxylic acids is 6. The van der Waals surface area contributed by atoms with Gasteiger partial charge in [0, 0.05) is 63.7 Å². The van der Waals surface area contributed by atoms with Crippen molar-refractivity contribution in [3.63, 3.8) is 0 Å². The lowest BCUT2D eigenvalue weighted by Gasteiger charge is -2.35.